The highest BCUT2D eigenvalue weighted by Gasteiger charge is 2.15. The van der Waals surface area contributed by atoms with Crippen molar-refractivity contribution in [3.63, 3.8) is 0 Å². The van der Waals surface area contributed by atoms with Crippen molar-refractivity contribution in [3.05, 3.63) is 41.2 Å². The molecular formula is C9H6O2-. The molecule has 55 valence electrons. The van der Waals surface area contributed by atoms with Crippen molar-refractivity contribution < 1.29 is 10.2 Å². The highest BCUT2D eigenvalue weighted by atomic mass is 16.3. The molecule has 1 radical (unpaired) electrons. The highest BCUT2D eigenvalue weighted by molar-refractivity contribution is 5.68. The van der Waals surface area contributed by atoms with Crippen LogP contribution in [0.15, 0.2) is 30.0 Å². The van der Waals surface area contributed by atoms with Crippen LogP contribution in [0.2, 0.25) is 0 Å². The van der Waals surface area contributed by atoms with Crippen LogP contribution >= 0.6 is 0 Å². The molecule has 0 saturated heterocycles. The van der Waals surface area contributed by atoms with Crippen molar-refractivity contribution in [2.24, 2.45) is 0 Å². The van der Waals surface area contributed by atoms with Gasteiger partial charge in [-0.25, -0.2) is 0 Å². The van der Waals surface area contributed by atoms with Gasteiger partial charge in [-0.2, -0.15) is 0 Å². The first-order valence-electron chi connectivity index (χ1n) is 3.44. The Labute approximate surface area is 64.4 Å². The highest BCUT2D eigenvalue weighted by Crippen LogP contribution is 2.27. The lowest BCUT2D eigenvalue weighted by molar-refractivity contribution is -0.305. The van der Waals surface area contributed by atoms with Crippen LogP contribution in [0.1, 0.15) is 11.1 Å². The Morgan fingerprint density at radius 2 is 2.00 bits per heavy atom. The third-order valence-corrected chi connectivity index (χ3v) is 1.87. The maximum atomic E-state index is 11.0. The van der Waals surface area contributed by atoms with E-state index < -0.39 is 0 Å². The van der Waals surface area contributed by atoms with Crippen LogP contribution in [0.5, 0.6) is 0 Å². The maximum absolute atomic E-state index is 11.0. The summed E-state index contributed by atoms with van der Waals surface area (Å²) in [5, 5.41) is 21.9. The third-order valence-electron chi connectivity index (χ3n) is 1.87. The van der Waals surface area contributed by atoms with E-state index in [1.165, 1.54) is 0 Å². The number of allylic oxidation sites excluding steroid dienone is 1. The first kappa shape index (κ1) is 6.28. The van der Waals surface area contributed by atoms with E-state index in [0.717, 1.165) is 5.56 Å². The molecule has 1 aromatic carbocycles. The SMILES string of the molecule is [O]C1=C([O-])Cc2ccccc21. The molecule has 0 aliphatic heterocycles. The predicted molar refractivity (Wildman–Crippen MR) is 37.8 cm³/mol. The summed E-state index contributed by atoms with van der Waals surface area (Å²) in [5.41, 5.74) is 1.44. The van der Waals surface area contributed by atoms with Gasteiger partial charge in [-0.3, -0.25) is 5.11 Å². The molecule has 0 amide bonds. The summed E-state index contributed by atoms with van der Waals surface area (Å²) < 4.78 is 0. The van der Waals surface area contributed by atoms with Crippen LogP contribution in [0.4, 0.5) is 0 Å². The molecule has 2 heteroatoms. The van der Waals surface area contributed by atoms with Gasteiger partial charge in [0.15, 0.2) is 5.76 Å². The Morgan fingerprint density at radius 1 is 1.27 bits per heavy atom. The summed E-state index contributed by atoms with van der Waals surface area (Å²) in [6, 6.07) is 7.13. The Kier molecular flexibility index (Phi) is 1.15. The molecule has 11 heavy (non-hydrogen) atoms. The molecule has 0 bridgehead atoms. The molecule has 0 spiro atoms. The zero-order valence-electron chi connectivity index (χ0n) is 5.83. The van der Waals surface area contributed by atoms with Gasteiger partial charge in [-0.05, 0) is 12.0 Å². The molecule has 1 aromatic rings. The standard InChI is InChI=1S/C9H7O2/c10-8-5-6-3-1-2-4-7(6)9(8)11/h1-4,10H,5H2/p-1. The number of fused-ring (bicyclic) bond motifs is 1. The minimum atomic E-state index is -0.333. The van der Waals surface area contributed by atoms with Crippen LogP contribution in [0.25, 0.3) is 5.76 Å². The molecular weight excluding hydrogens is 140 g/mol. The van der Waals surface area contributed by atoms with Gasteiger partial charge < -0.3 is 5.11 Å². The van der Waals surface area contributed by atoms with Gasteiger partial charge in [0, 0.05) is 5.56 Å². The summed E-state index contributed by atoms with van der Waals surface area (Å²) in [4.78, 5) is 0. The van der Waals surface area contributed by atoms with E-state index in [9.17, 15) is 10.2 Å². The van der Waals surface area contributed by atoms with Crippen LogP contribution < -0.4 is 5.11 Å². The third kappa shape index (κ3) is 0.792. The van der Waals surface area contributed by atoms with Crippen molar-refractivity contribution in [1.82, 2.24) is 0 Å². The van der Waals surface area contributed by atoms with Crippen molar-refractivity contribution in [2.75, 3.05) is 0 Å². The second kappa shape index (κ2) is 2.02. The summed E-state index contributed by atoms with van der Waals surface area (Å²) in [5.74, 6) is -0.619. The fourth-order valence-corrected chi connectivity index (χ4v) is 1.30. The minimum absolute atomic E-state index is 0.286. The van der Waals surface area contributed by atoms with E-state index in [0.29, 0.717) is 5.56 Å². The smallest absolute Gasteiger partial charge is 0.174 e. The van der Waals surface area contributed by atoms with Gasteiger partial charge in [-0.15, -0.1) is 0 Å². The molecule has 0 fully saturated rings. The Hall–Kier alpha value is -1.44. The van der Waals surface area contributed by atoms with Gasteiger partial charge in [0.2, 0.25) is 0 Å². The van der Waals surface area contributed by atoms with Gasteiger partial charge in [0.25, 0.3) is 0 Å². The molecule has 0 aromatic heterocycles. The molecule has 2 rings (SSSR count). The van der Waals surface area contributed by atoms with Crippen LogP contribution in [-0.4, -0.2) is 0 Å². The Balaban J connectivity index is 2.60. The normalized spacial score (nSPS) is 15.3. The van der Waals surface area contributed by atoms with Crippen LogP contribution in [0.3, 0.4) is 0 Å². The summed E-state index contributed by atoms with van der Waals surface area (Å²) in [6.07, 6.45) is 0.287. The number of hydrogen-bond donors (Lipinski definition) is 0. The monoisotopic (exact) mass is 146 g/mol. The largest absolute Gasteiger partial charge is 0.873 e. The maximum Gasteiger partial charge on any atom is 0.174 e. The molecule has 1 aliphatic carbocycles. The first-order chi connectivity index (χ1) is 5.29. The fraction of sp³-hybridized carbons (Fsp3) is 0.111. The van der Waals surface area contributed by atoms with E-state index in [4.69, 9.17) is 0 Å². The quantitative estimate of drug-likeness (QED) is 0.531. The molecule has 0 N–H and O–H groups in total. The molecule has 0 heterocycles. The summed E-state index contributed by atoms with van der Waals surface area (Å²) >= 11 is 0. The van der Waals surface area contributed by atoms with E-state index >= 15 is 0 Å². The average molecular weight is 146 g/mol. The van der Waals surface area contributed by atoms with Gasteiger partial charge in [0.1, 0.15) is 0 Å². The number of hydrogen-bond acceptors (Lipinski definition) is 1. The summed E-state index contributed by atoms with van der Waals surface area (Å²) in [7, 11) is 0. The van der Waals surface area contributed by atoms with Crippen LogP contribution in [0, 0.1) is 0 Å². The van der Waals surface area contributed by atoms with Gasteiger partial charge in [0.05, 0.1) is 0 Å². The van der Waals surface area contributed by atoms with Gasteiger partial charge in [-0.1, -0.05) is 30.0 Å². The van der Waals surface area contributed by atoms with Crippen molar-refractivity contribution >= 4 is 5.76 Å². The minimum Gasteiger partial charge on any atom is -0.873 e. The second-order valence-corrected chi connectivity index (χ2v) is 2.59. The Bertz CT molecular complexity index is 326. The first-order valence-corrected chi connectivity index (χ1v) is 3.44. The molecule has 1 aliphatic rings. The fourth-order valence-electron chi connectivity index (χ4n) is 1.30. The molecule has 0 saturated carbocycles. The lowest BCUT2D eigenvalue weighted by atomic mass is 10.1. The van der Waals surface area contributed by atoms with Crippen molar-refractivity contribution in [3.8, 4) is 0 Å². The van der Waals surface area contributed by atoms with Gasteiger partial charge >= 0.3 is 0 Å². The molecule has 0 atom stereocenters. The lowest BCUT2D eigenvalue weighted by Crippen LogP contribution is -2.03. The zero-order valence-corrected chi connectivity index (χ0v) is 5.83. The zero-order chi connectivity index (χ0) is 7.84. The molecule has 0 unspecified atom stereocenters. The van der Waals surface area contributed by atoms with E-state index in [2.05, 4.69) is 0 Å². The van der Waals surface area contributed by atoms with E-state index in [1.807, 2.05) is 12.1 Å². The second-order valence-electron chi connectivity index (χ2n) is 2.59. The van der Waals surface area contributed by atoms with E-state index in [-0.39, 0.29) is 17.9 Å². The predicted octanol–water partition coefficient (Wildman–Crippen LogP) is 0.702. The summed E-state index contributed by atoms with van der Waals surface area (Å²) in [6.45, 7) is 0. The topological polar surface area (TPSA) is 43.0 Å². The Morgan fingerprint density at radius 3 is 2.73 bits per heavy atom. The lowest BCUT2D eigenvalue weighted by Gasteiger charge is -2.01. The molecule has 2 nitrogen and oxygen atoms in total. The number of rotatable bonds is 0. The van der Waals surface area contributed by atoms with Crippen LogP contribution in [-0.2, 0) is 11.5 Å². The number of benzene rings is 1. The average Bonchev–Trinajstić information content (AvgIpc) is 2.30. The van der Waals surface area contributed by atoms with Crippen molar-refractivity contribution in [2.45, 2.75) is 6.42 Å². The van der Waals surface area contributed by atoms with E-state index in [1.54, 1.807) is 12.1 Å². The van der Waals surface area contributed by atoms with Crippen molar-refractivity contribution in [1.29, 1.82) is 0 Å².